The zero-order chi connectivity index (χ0) is 13.8. The van der Waals surface area contributed by atoms with Crippen molar-refractivity contribution in [2.75, 3.05) is 0 Å². The molecule has 0 aliphatic rings. The molecular weight excluding hydrogens is 246 g/mol. The number of carbonyl (C=O) groups is 1. The summed E-state index contributed by atoms with van der Waals surface area (Å²) in [5.41, 5.74) is 1.91. The summed E-state index contributed by atoms with van der Waals surface area (Å²) in [5.74, 6) is -0.970. The summed E-state index contributed by atoms with van der Waals surface area (Å²) in [6.07, 6.45) is 1.81. The second-order valence-electron chi connectivity index (χ2n) is 3.92. The van der Waals surface area contributed by atoms with E-state index in [-0.39, 0.29) is 11.3 Å². The molecule has 95 valence electrons. The van der Waals surface area contributed by atoms with E-state index in [1.807, 2.05) is 6.42 Å². The van der Waals surface area contributed by atoms with Gasteiger partial charge in [0.1, 0.15) is 0 Å². The number of hydrogen-bond acceptors (Lipinski definition) is 3. The Labute approximate surface area is 109 Å². The minimum atomic E-state index is -0.970. The van der Waals surface area contributed by atoms with E-state index >= 15 is 0 Å². The predicted molar refractivity (Wildman–Crippen MR) is 69.0 cm³/mol. The van der Waals surface area contributed by atoms with Crippen LogP contribution in [0.15, 0.2) is 48.5 Å². The van der Waals surface area contributed by atoms with Gasteiger partial charge in [-0.1, -0.05) is 24.3 Å². The molecule has 0 bridgehead atoms. The molecular formula is C14H10NO4. The summed E-state index contributed by atoms with van der Waals surface area (Å²) in [7, 11) is 0. The number of benzene rings is 2. The van der Waals surface area contributed by atoms with Gasteiger partial charge in [0.05, 0.1) is 10.5 Å². The molecule has 19 heavy (non-hydrogen) atoms. The van der Waals surface area contributed by atoms with Crippen molar-refractivity contribution in [2.45, 2.75) is 0 Å². The minimum absolute atomic E-state index is 0.0402. The molecule has 0 heterocycles. The molecule has 0 aromatic heterocycles. The zero-order valence-electron chi connectivity index (χ0n) is 9.82. The lowest BCUT2D eigenvalue weighted by Gasteiger charge is -2.02. The Morgan fingerprint density at radius 2 is 1.47 bits per heavy atom. The first-order chi connectivity index (χ1) is 9.06. The molecule has 0 saturated carbocycles. The molecule has 0 saturated heterocycles. The third kappa shape index (κ3) is 3.16. The molecule has 5 nitrogen and oxygen atoms in total. The van der Waals surface area contributed by atoms with E-state index in [0.717, 1.165) is 11.1 Å². The summed E-state index contributed by atoms with van der Waals surface area (Å²) < 4.78 is 0. The Kier molecular flexibility index (Phi) is 3.56. The number of nitro groups is 1. The van der Waals surface area contributed by atoms with Crippen LogP contribution in [-0.2, 0) is 0 Å². The van der Waals surface area contributed by atoms with E-state index in [0.29, 0.717) is 0 Å². The Balaban J connectivity index is 2.12. The highest BCUT2D eigenvalue weighted by Crippen LogP contribution is 2.17. The number of aromatic carboxylic acids is 1. The zero-order valence-corrected chi connectivity index (χ0v) is 9.82. The standard InChI is InChI=1S/C14H10NO4/c16-14(17)12-5-1-10(2-6-12)9-11-3-7-13(8-4-11)15(18)19/h1-9H,(H,16,17). The Morgan fingerprint density at radius 1 is 1.00 bits per heavy atom. The second kappa shape index (κ2) is 5.30. The molecule has 0 amide bonds. The lowest BCUT2D eigenvalue weighted by molar-refractivity contribution is -0.384. The molecule has 0 fully saturated rings. The van der Waals surface area contributed by atoms with Crippen LogP contribution in [0.2, 0.25) is 0 Å². The third-order valence-corrected chi connectivity index (χ3v) is 2.59. The van der Waals surface area contributed by atoms with Gasteiger partial charge in [-0.3, -0.25) is 10.1 Å². The van der Waals surface area contributed by atoms with Gasteiger partial charge in [-0.05, 0) is 23.3 Å². The number of nitro benzene ring substituents is 1. The number of non-ortho nitro benzene ring substituents is 1. The van der Waals surface area contributed by atoms with Crippen molar-refractivity contribution in [3.63, 3.8) is 0 Å². The maximum absolute atomic E-state index is 10.7. The SMILES string of the molecule is O=C(O)c1ccc([CH]c2ccc([N+](=O)[O-])cc2)cc1. The summed E-state index contributed by atoms with van der Waals surface area (Å²) in [6, 6.07) is 12.5. The molecule has 1 N–H and O–H groups in total. The molecule has 0 atom stereocenters. The molecule has 0 unspecified atom stereocenters. The van der Waals surface area contributed by atoms with Crippen molar-refractivity contribution in [3.05, 3.63) is 81.8 Å². The van der Waals surface area contributed by atoms with E-state index in [1.54, 1.807) is 24.3 Å². The van der Waals surface area contributed by atoms with Crippen LogP contribution in [0.3, 0.4) is 0 Å². The van der Waals surface area contributed by atoms with Crippen LogP contribution in [0.4, 0.5) is 5.69 Å². The molecule has 5 heteroatoms. The highest BCUT2D eigenvalue weighted by molar-refractivity contribution is 5.87. The van der Waals surface area contributed by atoms with Gasteiger partial charge in [0.25, 0.3) is 5.69 Å². The van der Waals surface area contributed by atoms with Crippen LogP contribution in [0.5, 0.6) is 0 Å². The van der Waals surface area contributed by atoms with Crippen molar-refractivity contribution in [3.8, 4) is 0 Å². The van der Waals surface area contributed by atoms with Gasteiger partial charge < -0.3 is 5.11 Å². The first-order valence-corrected chi connectivity index (χ1v) is 5.49. The fourth-order valence-corrected chi connectivity index (χ4v) is 1.61. The monoisotopic (exact) mass is 256 g/mol. The average Bonchev–Trinajstić information content (AvgIpc) is 2.40. The fourth-order valence-electron chi connectivity index (χ4n) is 1.61. The van der Waals surface area contributed by atoms with Crippen molar-refractivity contribution >= 4 is 11.7 Å². The molecule has 2 aromatic rings. The lowest BCUT2D eigenvalue weighted by atomic mass is 10.0. The Morgan fingerprint density at radius 3 is 1.89 bits per heavy atom. The molecule has 0 aliphatic carbocycles. The van der Waals surface area contributed by atoms with Crippen LogP contribution in [0.1, 0.15) is 21.5 Å². The summed E-state index contributed by atoms with van der Waals surface area (Å²) >= 11 is 0. The van der Waals surface area contributed by atoms with E-state index < -0.39 is 10.9 Å². The quantitative estimate of drug-likeness (QED) is 0.673. The minimum Gasteiger partial charge on any atom is -0.478 e. The maximum Gasteiger partial charge on any atom is 0.335 e. The Bertz CT molecular complexity index is 547. The highest BCUT2D eigenvalue weighted by Gasteiger charge is 2.05. The van der Waals surface area contributed by atoms with Crippen molar-refractivity contribution < 1.29 is 14.8 Å². The smallest absolute Gasteiger partial charge is 0.335 e. The molecule has 0 spiro atoms. The second-order valence-corrected chi connectivity index (χ2v) is 3.92. The summed E-state index contributed by atoms with van der Waals surface area (Å²) in [4.78, 5) is 20.8. The van der Waals surface area contributed by atoms with Crippen molar-refractivity contribution in [1.29, 1.82) is 0 Å². The first-order valence-electron chi connectivity index (χ1n) is 5.49. The van der Waals surface area contributed by atoms with Crippen LogP contribution in [-0.4, -0.2) is 16.0 Å². The lowest BCUT2D eigenvalue weighted by Crippen LogP contribution is -1.96. The van der Waals surface area contributed by atoms with Gasteiger partial charge in [-0.2, -0.15) is 0 Å². The van der Waals surface area contributed by atoms with Crippen LogP contribution < -0.4 is 0 Å². The van der Waals surface area contributed by atoms with Crippen molar-refractivity contribution in [2.24, 2.45) is 0 Å². The highest BCUT2D eigenvalue weighted by atomic mass is 16.6. The number of carboxylic acid groups (broad SMARTS) is 1. The van der Waals surface area contributed by atoms with Gasteiger partial charge in [-0.25, -0.2) is 4.79 Å². The first kappa shape index (κ1) is 12.8. The average molecular weight is 256 g/mol. The van der Waals surface area contributed by atoms with E-state index in [1.165, 1.54) is 24.3 Å². The molecule has 0 aliphatic heterocycles. The van der Waals surface area contributed by atoms with Gasteiger partial charge in [-0.15, -0.1) is 0 Å². The topological polar surface area (TPSA) is 80.4 Å². The van der Waals surface area contributed by atoms with Crippen LogP contribution in [0.25, 0.3) is 0 Å². The molecule has 2 rings (SSSR count). The normalized spacial score (nSPS) is 10.1. The van der Waals surface area contributed by atoms with Crippen LogP contribution >= 0.6 is 0 Å². The summed E-state index contributed by atoms with van der Waals surface area (Å²) in [6.45, 7) is 0. The third-order valence-electron chi connectivity index (χ3n) is 2.59. The van der Waals surface area contributed by atoms with Gasteiger partial charge >= 0.3 is 5.97 Å². The van der Waals surface area contributed by atoms with Gasteiger partial charge in [0.15, 0.2) is 0 Å². The number of hydrogen-bond donors (Lipinski definition) is 1. The number of nitrogens with zero attached hydrogens (tertiary/aromatic N) is 1. The number of carboxylic acids is 1. The van der Waals surface area contributed by atoms with Crippen LogP contribution in [0, 0.1) is 16.5 Å². The molecule has 2 aromatic carbocycles. The summed E-state index contributed by atoms with van der Waals surface area (Å²) in [5, 5.41) is 19.3. The largest absolute Gasteiger partial charge is 0.478 e. The van der Waals surface area contributed by atoms with Gasteiger partial charge in [0.2, 0.25) is 0 Å². The predicted octanol–water partition coefficient (Wildman–Crippen LogP) is 2.89. The van der Waals surface area contributed by atoms with Crippen molar-refractivity contribution in [1.82, 2.24) is 0 Å². The van der Waals surface area contributed by atoms with E-state index in [9.17, 15) is 14.9 Å². The maximum atomic E-state index is 10.7. The fraction of sp³-hybridized carbons (Fsp3) is 0. The van der Waals surface area contributed by atoms with E-state index in [4.69, 9.17) is 5.11 Å². The Hall–Kier alpha value is -2.69. The van der Waals surface area contributed by atoms with Gasteiger partial charge in [0, 0.05) is 18.6 Å². The number of rotatable bonds is 4. The van der Waals surface area contributed by atoms with E-state index in [2.05, 4.69) is 0 Å². The molecule has 1 radical (unpaired) electrons.